The maximum atomic E-state index is 11.0. The zero-order valence-corrected chi connectivity index (χ0v) is 10.0. The smallest absolute Gasteiger partial charge is 0.271 e. The molecule has 0 aliphatic rings. The van der Waals surface area contributed by atoms with E-state index in [4.69, 9.17) is 11.5 Å². The number of aryl methyl sites for hydroxylation is 2. The summed E-state index contributed by atoms with van der Waals surface area (Å²) in [4.78, 5) is 11.0. The number of anilines is 1. The third-order valence-corrected chi connectivity index (χ3v) is 2.72. The first kappa shape index (κ1) is 12.2. The lowest BCUT2D eigenvalue weighted by Crippen LogP contribution is -2.14. The largest absolute Gasteiger partial charge is 0.396 e. The molecule has 0 radical (unpaired) electrons. The Morgan fingerprint density at radius 2 is 2.00 bits per heavy atom. The van der Waals surface area contributed by atoms with Crippen LogP contribution in [0, 0.1) is 0 Å². The van der Waals surface area contributed by atoms with Crippen LogP contribution in [0.3, 0.4) is 0 Å². The first-order valence-electron chi connectivity index (χ1n) is 5.83. The van der Waals surface area contributed by atoms with Crippen molar-refractivity contribution in [2.45, 2.75) is 19.4 Å². The van der Waals surface area contributed by atoms with E-state index in [2.05, 4.69) is 17.2 Å². The molecule has 5 nitrogen and oxygen atoms in total. The molecule has 4 N–H and O–H groups in total. The van der Waals surface area contributed by atoms with Gasteiger partial charge in [0.05, 0.1) is 5.69 Å². The van der Waals surface area contributed by atoms with Gasteiger partial charge in [0.1, 0.15) is 0 Å². The van der Waals surface area contributed by atoms with Crippen molar-refractivity contribution in [2.75, 3.05) is 5.73 Å². The van der Waals surface area contributed by atoms with E-state index in [0.717, 1.165) is 12.8 Å². The van der Waals surface area contributed by atoms with Gasteiger partial charge in [-0.25, -0.2) is 0 Å². The van der Waals surface area contributed by atoms with Gasteiger partial charge in [0.2, 0.25) is 0 Å². The van der Waals surface area contributed by atoms with Crippen LogP contribution >= 0.6 is 0 Å². The average Bonchev–Trinajstić information content (AvgIpc) is 2.72. The van der Waals surface area contributed by atoms with Gasteiger partial charge in [0, 0.05) is 12.7 Å². The van der Waals surface area contributed by atoms with E-state index >= 15 is 0 Å². The minimum atomic E-state index is -0.589. The molecule has 1 amide bonds. The lowest BCUT2D eigenvalue weighted by atomic mass is 10.1. The number of primary amides is 1. The Labute approximate surface area is 105 Å². The molecule has 0 atom stereocenters. The summed E-state index contributed by atoms with van der Waals surface area (Å²) in [5, 5.41) is 4.06. The summed E-state index contributed by atoms with van der Waals surface area (Å²) in [6.07, 6.45) is 3.54. The number of benzene rings is 1. The molecule has 18 heavy (non-hydrogen) atoms. The Bertz CT molecular complexity index is 533. The number of hydrogen-bond donors (Lipinski definition) is 2. The molecular weight excluding hydrogens is 228 g/mol. The molecule has 2 aromatic rings. The van der Waals surface area contributed by atoms with Crippen LogP contribution in [0.1, 0.15) is 22.5 Å². The number of nitrogen functional groups attached to an aromatic ring is 1. The first-order valence-corrected chi connectivity index (χ1v) is 5.83. The molecule has 0 aliphatic heterocycles. The van der Waals surface area contributed by atoms with Gasteiger partial charge in [-0.2, -0.15) is 5.10 Å². The molecule has 1 aromatic heterocycles. The summed E-state index contributed by atoms with van der Waals surface area (Å²) < 4.78 is 1.67. The predicted molar refractivity (Wildman–Crippen MR) is 69.9 cm³/mol. The van der Waals surface area contributed by atoms with Crippen molar-refractivity contribution in [3.63, 3.8) is 0 Å². The van der Waals surface area contributed by atoms with E-state index in [1.54, 1.807) is 10.9 Å². The number of nitrogens with zero attached hydrogens (tertiary/aromatic N) is 2. The van der Waals surface area contributed by atoms with Gasteiger partial charge in [-0.05, 0) is 18.4 Å². The summed E-state index contributed by atoms with van der Waals surface area (Å²) >= 11 is 0. The van der Waals surface area contributed by atoms with Gasteiger partial charge in [-0.15, -0.1) is 0 Å². The van der Waals surface area contributed by atoms with Crippen LogP contribution in [-0.4, -0.2) is 15.7 Å². The number of amides is 1. The lowest BCUT2D eigenvalue weighted by molar-refractivity contribution is 0.0995. The fraction of sp³-hybridized carbons (Fsp3) is 0.231. The average molecular weight is 244 g/mol. The summed E-state index contributed by atoms with van der Waals surface area (Å²) in [5.41, 5.74) is 12.6. The maximum Gasteiger partial charge on any atom is 0.271 e. The summed E-state index contributed by atoms with van der Waals surface area (Å²) in [6, 6.07) is 10.2. The Kier molecular flexibility index (Phi) is 3.62. The maximum absolute atomic E-state index is 11.0. The predicted octanol–water partition coefficient (Wildman–Crippen LogP) is 1.20. The van der Waals surface area contributed by atoms with Gasteiger partial charge in [-0.3, -0.25) is 9.48 Å². The van der Waals surface area contributed by atoms with E-state index in [0.29, 0.717) is 12.2 Å². The van der Waals surface area contributed by atoms with Crippen LogP contribution in [0.4, 0.5) is 5.69 Å². The van der Waals surface area contributed by atoms with Gasteiger partial charge in [0.15, 0.2) is 5.69 Å². The normalized spacial score (nSPS) is 10.4. The van der Waals surface area contributed by atoms with Gasteiger partial charge in [0.25, 0.3) is 5.91 Å². The molecule has 0 unspecified atom stereocenters. The van der Waals surface area contributed by atoms with E-state index in [9.17, 15) is 4.79 Å². The second-order valence-corrected chi connectivity index (χ2v) is 4.15. The van der Waals surface area contributed by atoms with Crippen molar-refractivity contribution in [1.82, 2.24) is 9.78 Å². The van der Waals surface area contributed by atoms with Gasteiger partial charge in [-0.1, -0.05) is 30.3 Å². The molecule has 0 bridgehead atoms. The highest BCUT2D eigenvalue weighted by atomic mass is 16.1. The van der Waals surface area contributed by atoms with Crippen molar-refractivity contribution < 1.29 is 4.79 Å². The molecule has 5 heteroatoms. The SMILES string of the molecule is NC(=O)c1nn(CCCc2ccccc2)cc1N. The third kappa shape index (κ3) is 2.88. The van der Waals surface area contributed by atoms with E-state index < -0.39 is 5.91 Å². The molecule has 94 valence electrons. The van der Waals surface area contributed by atoms with E-state index in [1.807, 2.05) is 18.2 Å². The molecule has 2 rings (SSSR count). The summed E-state index contributed by atoms with van der Waals surface area (Å²) in [6.45, 7) is 0.715. The van der Waals surface area contributed by atoms with Crippen molar-refractivity contribution in [1.29, 1.82) is 0 Å². The number of hydrogen-bond acceptors (Lipinski definition) is 3. The number of nitrogens with two attached hydrogens (primary N) is 2. The Balaban J connectivity index is 1.91. The van der Waals surface area contributed by atoms with Crippen molar-refractivity contribution in [3.8, 4) is 0 Å². The fourth-order valence-corrected chi connectivity index (χ4v) is 1.83. The van der Waals surface area contributed by atoms with E-state index in [1.165, 1.54) is 5.56 Å². The third-order valence-electron chi connectivity index (χ3n) is 2.72. The second kappa shape index (κ2) is 5.35. The van der Waals surface area contributed by atoms with Gasteiger partial charge < -0.3 is 11.5 Å². The van der Waals surface area contributed by atoms with Gasteiger partial charge >= 0.3 is 0 Å². The first-order chi connectivity index (χ1) is 8.66. The molecule has 0 saturated carbocycles. The minimum absolute atomic E-state index is 0.148. The standard InChI is InChI=1S/C13H16N4O/c14-11-9-17(16-12(11)13(15)18)8-4-7-10-5-2-1-3-6-10/h1-3,5-6,9H,4,7-8,14H2,(H2,15,18). The Hall–Kier alpha value is -2.30. The van der Waals surface area contributed by atoms with Crippen LogP contribution in [-0.2, 0) is 13.0 Å². The van der Waals surface area contributed by atoms with Crippen LogP contribution in [0.25, 0.3) is 0 Å². The minimum Gasteiger partial charge on any atom is -0.396 e. The van der Waals surface area contributed by atoms with Crippen molar-refractivity contribution >= 4 is 11.6 Å². The highest BCUT2D eigenvalue weighted by molar-refractivity contribution is 5.95. The lowest BCUT2D eigenvalue weighted by Gasteiger charge is -2.01. The number of aromatic nitrogens is 2. The number of carbonyl (C=O) groups is 1. The van der Waals surface area contributed by atoms with Crippen molar-refractivity contribution in [3.05, 3.63) is 47.8 Å². The molecule has 1 aromatic carbocycles. The summed E-state index contributed by atoms with van der Waals surface area (Å²) in [5.74, 6) is -0.589. The van der Waals surface area contributed by atoms with Crippen LogP contribution in [0.15, 0.2) is 36.5 Å². The molecule has 0 aliphatic carbocycles. The van der Waals surface area contributed by atoms with E-state index in [-0.39, 0.29) is 5.69 Å². The Morgan fingerprint density at radius 1 is 1.28 bits per heavy atom. The van der Waals surface area contributed by atoms with Crippen LogP contribution < -0.4 is 11.5 Å². The molecule has 0 fully saturated rings. The van der Waals surface area contributed by atoms with Crippen LogP contribution in [0.5, 0.6) is 0 Å². The fourth-order valence-electron chi connectivity index (χ4n) is 1.83. The highest BCUT2D eigenvalue weighted by Gasteiger charge is 2.10. The van der Waals surface area contributed by atoms with Crippen molar-refractivity contribution in [2.24, 2.45) is 5.73 Å². The molecular formula is C13H16N4O. The monoisotopic (exact) mass is 244 g/mol. The molecule has 0 spiro atoms. The number of carbonyl (C=O) groups excluding carboxylic acids is 1. The second-order valence-electron chi connectivity index (χ2n) is 4.15. The van der Waals surface area contributed by atoms with Crippen LogP contribution in [0.2, 0.25) is 0 Å². The molecule has 0 saturated heterocycles. The topological polar surface area (TPSA) is 86.9 Å². The Morgan fingerprint density at radius 3 is 2.61 bits per heavy atom. The number of rotatable bonds is 5. The molecule has 1 heterocycles. The zero-order valence-electron chi connectivity index (χ0n) is 10.0. The zero-order chi connectivity index (χ0) is 13.0. The highest BCUT2D eigenvalue weighted by Crippen LogP contribution is 2.09. The summed E-state index contributed by atoms with van der Waals surface area (Å²) in [7, 11) is 0. The quantitative estimate of drug-likeness (QED) is 0.828.